The van der Waals surface area contributed by atoms with E-state index >= 15 is 0 Å². The average Bonchev–Trinajstić information content (AvgIpc) is 3.21. The molecule has 1 aromatic rings. The number of benzene rings is 1. The standard InChI is InChI=1S/C25H33Cl2N5O6S/c1-3-15-22(36)29-17(11-33)24(39)30-16(13-7-5-4-6-8-13)9-18(35)31-20(12(2)34)25(38)32-10-14(26)19(27)21(32)23(37)28-15/h4-8,12,14-17,19-21,33-34H,3,9-11H2,1-2H3,(H,28,37)(H,29,36)(H,30,39)(H,31,35)/t12-,14+,15+,16+,17-,19+,20-,21-/m0/s1. The van der Waals surface area contributed by atoms with Crippen molar-refractivity contribution in [3.8, 4) is 0 Å². The van der Waals surface area contributed by atoms with Gasteiger partial charge in [0.1, 0.15) is 29.2 Å². The van der Waals surface area contributed by atoms with E-state index in [0.29, 0.717) is 5.56 Å². The average molecular weight is 603 g/mol. The van der Waals surface area contributed by atoms with Gasteiger partial charge >= 0.3 is 0 Å². The highest BCUT2D eigenvalue weighted by Crippen LogP contribution is 2.29. The molecule has 39 heavy (non-hydrogen) atoms. The van der Waals surface area contributed by atoms with E-state index in [1.165, 1.54) is 6.92 Å². The SMILES string of the molecule is CC[C@H]1NC(=O)[C@@H]2[C@H](Cl)[C@H](Cl)CN2C(=O)[C@H]([C@H](C)O)NC(=O)C[C@H](c2ccccc2)NC(=S)[C@H](CO)NC1=O. The molecule has 8 atom stereocenters. The number of aliphatic hydroxyl groups excluding tert-OH is 2. The molecule has 2 aliphatic heterocycles. The van der Waals surface area contributed by atoms with Crippen LogP contribution in [-0.2, 0) is 19.2 Å². The molecular formula is C25H33Cl2N5O6S. The van der Waals surface area contributed by atoms with Crippen molar-refractivity contribution >= 4 is 64.0 Å². The van der Waals surface area contributed by atoms with E-state index in [4.69, 9.17) is 35.4 Å². The lowest BCUT2D eigenvalue weighted by Crippen LogP contribution is -2.61. The number of alkyl halides is 2. The molecule has 0 radical (unpaired) electrons. The summed E-state index contributed by atoms with van der Waals surface area (Å²) in [5, 5.41) is 29.5. The lowest BCUT2D eigenvalue weighted by Gasteiger charge is -2.32. The number of carbonyl (C=O) groups excluding carboxylic acids is 4. The number of nitrogens with zero attached hydrogens (tertiary/aromatic N) is 1. The van der Waals surface area contributed by atoms with Crippen LogP contribution in [0.1, 0.15) is 38.3 Å². The van der Waals surface area contributed by atoms with Gasteiger partial charge in [0.15, 0.2) is 0 Å². The van der Waals surface area contributed by atoms with E-state index in [0.717, 1.165) is 4.90 Å². The van der Waals surface area contributed by atoms with Crippen molar-refractivity contribution in [2.24, 2.45) is 0 Å². The molecule has 2 heterocycles. The van der Waals surface area contributed by atoms with Gasteiger partial charge in [0.2, 0.25) is 23.6 Å². The summed E-state index contributed by atoms with van der Waals surface area (Å²) in [4.78, 5) is 54.3. The fraction of sp³-hybridized carbons (Fsp3) is 0.560. The van der Waals surface area contributed by atoms with Crippen LogP contribution < -0.4 is 21.3 Å². The van der Waals surface area contributed by atoms with E-state index in [1.807, 2.05) is 0 Å². The molecule has 1 aromatic carbocycles. The summed E-state index contributed by atoms with van der Waals surface area (Å²) in [6, 6.07) is 3.50. The van der Waals surface area contributed by atoms with E-state index in [1.54, 1.807) is 37.3 Å². The topological polar surface area (TPSA) is 160 Å². The Hall–Kier alpha value is -2.51. The van der Waals surface area contributed by atoms with Crippen molar-refractivity contribution in [3.63, 3.8) is 0 Å². The monoisotopic (exact) mass is 601 g/mol. The smallest absolute Gasteiger partial charge is 0.248 e. The van der Waals surface area contributed by atoms with Gasteiger partial charge in [0.25, 0.3) is 0 Å². The number of hydrogen-bond donors (Lipinski definition) is 6. The molecule has 2 saturated heterocycles. The number of carbonyl (C=O) groups is 4. The molecular weight excluding hydrogens is 569 g/mol. The van der Waals surface area contributed by atoms with Crippen LogP contribution in [0, 0.1) is 0 Å². The third kappa shape index (κ3) is 7.37. The summed E-state index contributed by atoms with van der Waals surface area (Å²) >= 11 is 18.2. The van der Waals surface area contributed by atoms with Crippen LogP contribution in [0.25, 0.3) is 0 Å². The number of thiocarbonyl (C=S) groups is 1. The van der Waals surface area contributed by atoms with E-state index < -0.39 is 77.3 Å². The van der Waals surface area contributed by atoms with Crippen molar-refractivity contribution in [3.05, 3.63) is 35.9 Å². The van der Waals surface area contributed by atoms with Crippen LogP contribution >= 0.6 is 35.4 Å². The van der Waals surface area contributed by atoms with Crippen LogP contribution in [0.15, 0.2) is 30.3 Å². The zero-order valence-corrected chi connectivity index (χ0v) is 23.8. The Morgan fingerprint density at radius 1 is 1.03 bits per heavy atom. The Bertz CT molecular complexity index is 1080. The first-order valence-corrected chi connectivity index (χ1v) is 13.9. The number of nitrogens with one attached hydrogen (secondary N) is 4. The van der Waals surface area contributed by atoms with Gasteiger partial charge in [-0.05, 0) is 18.9 Å². The first kappa shape index (κ1) is 31.0. The van der Waals surface area contributed by atoms with Crippen LogP contribution in [-0.4, -0.2) is 97.9 Å². The van der Waals surface area contributed by atoms with Gasteiger partial charge in [-0.2, -0.15) is 0 Å². The molecule has 6 N–H and O–H groups in total. The van der Waals surface area contributed by atoms with Gasteiger partial charge in [-0.1, -0.05) is 49.5 Å². The van der Waals surface area contributed by atoms with Gasteiger partial charge in [-0.25, -0.2) is 0 Å². The highest BCUT2D eigenvalue weighted by Gasteiger charge is 2.49. The van der Waals surface area contributed by atoms with Crippen molar-refractivity contribution in [1.82, 2.24) is 26.2 Å². The maximum Gasteiger partial charge on any atom is 0.248 e. The van der Waals surface area contributed by atoms with Crippen molar-refractivity contribution < 1.29 is 29.4 Å². The third-order valence-electron chi connectivity index (χ3n) is 6.74. The summed E-state index contributed by atoms with van der Waals surface area (Å²) in [6.45, 7) is 2.37. The van der Waals surface area contributed by atoms with Crippen LogP contribution in [0.5, 0.6) is 0 Å². The molecule has 14 heteroatoms. The minimum atomic E-state index is -1.40. The summed E-state index contributed by atoms with van der Waals surface area (Å²) in [6.07, 6.45) is -1.33. The van der Waals surface area contributed by atoms with Gasteiger partial charge in [-0.3, -0.25) is 19.2 Å². The number of aliphatic hydroxyl groups is 2. The maximum absolute atomic E-state index is 13.6. The minimum absolute atomic E-state index is 0.0664. The second kappa shape index (κ2) is 13.7. The molecule has 214 valence electrons. The molecule has 11 nitrogen and oxygen atoms in total. The molecule has 0 spiro atoms. The van der Waals surface area contributed by atoms with Crippen molar-refractivity contribution in [2.45, 2.75) is 73.8 Å². The van der Waals surface area contributed by atoms with E-state index in [-0.39, 0.29) is 24.4 Å². The predicted molar refractivity (Wildman–Crippen MR) is 149 cm³/mol. The third-order valence-corrected chi connectivity index (χ3v) is 8.22. The molecule has 0 saturated carbocycles. The Labute approximate surface area is 242 Å². The molecule has 2 fully saturated rings. The number of fused-ring (bicyclic) bond motifs is 1. The second-order valence-corrected chi connectivity index (χ2v) is 11.1. The first-order valence-electron chi connectivity index (χ1n) is 12.6. The number of rotatable bonds is 4. The van der Waals surface area contributed by atoms with Crippen molar-refractivity contribution in [2.75, 3.05) is 13.2 Å². The normalized spacial score (nSPS) is 32.0. The Morgan fingerprint density at radius 2 is 1.67 bits per heavy atom. The maximum atomic E-state index is 13.6. The van der Waals surface area contributed by atoms with Gasteiger partial charge in [0, 0.05) is 6.54 Å². The molecule has 0 unspecified atom stereocenters. The lowest BCUT2D eigenvalue weighted by molar-refractivity contribution is -0.144. The Balaban J connectivity index is 2.03. The molecule has 0 aromatic heterocycles. The van der Waals surface area contributed by atoms with Gasteiger partial charge in [0.05, 0.1) is 35.9 Å². The summed E-state index contributed by atoms with van der Waals surface area (Å²) in [5.41, 5.74) is 0.687. The van der Waals surface area contributed by atoms with Gasteiger partial charge in [-0.15, -0.1) is 23.2 Å². The molecule has 0 bridgehead atoms. The number of halogens is 2. The lowest BCUT2D eigenvalue weighted by atomic mass is 10.0. The number of amides is 4. The fourth-order valence-electron chi connectivity index (χ4n) is 4.56. The molecule has 3 rings (SSSR count). The molecule has 0 aliphatic carbocycles. The molecule has 2 aliphatic rings. The highest BCUT2D eigenvalue weighted by atomic mass is 35.5. The Morgan fingerprint density at radius 3 is 2.26 bits per heavy atom. The number of hydrogen-bond acceptors (Lipinski definition) is 7. The Kier molecular flexibility index (Phi) is 10.9. The largest absolute Gasteiger partial charge is 0.394 e. The fourth-order valence-corrected chi connectivity index (χ4v) is 5.45. The first-order chi connectivity index (χ1) is 18.5. The van der Waals surface area contributed by atoms with Crippen LogP contribution in [0.3, 0.4) is 0 Å². The zero-order chi connectivity index (χ0) is 28.9. The van der Waals surface area contributed by atoms with Crippen LogP contribution in [0.2, 0.25) is 0 Å². The van der Waals surface area contributed by atoms with E-state index in [2.05, 4.69) is 21.3 Å². The van der Waals surface area contributed by atoms with E-state index in [9.17, 15) is 29.4 Å². The highest BCUT2D eigenvalue weighted by molar-refractivity contribution is 7.80. The summed E-state index contributed by atoms with van der Waals surface area (Å²) in [7, 11) is 0. The molecule has 4 amide bonds. The van der Waals surface area contributed by atoms with Crippen LogP contribution in [0.4, 0.5) is 0 Å². The quantitative estimate of drug-likeness (QED) is 0.203. The summed E-state index contributed by atoms with van der Waals surface area (Å²) < 4.78 is 0. The predicted octanol–water partition coefficient (Wildman–Crippen LogP) is -0.288. The van der Waals surface area contributed by atoms with Gasteiger partial charge < -0.3 is 36.4 Å². The van der Waals surface area contributed by atoms with Crippen molar-refractivity contribution in [1.29, 1.82) is 0 Å². The second-order valence-electron chi connectivity index (χ2n) is 9.57. The summed E-state index contributed by atoms with van der Waals surface area (Å²) in [5.74, 6) is -2.66. The minimum Gasteiger partial charge on any atom is -0.394 e. The zero-order valence-electron chi connectivity index (χ0n) is 21.5.